The van der Waals surface area contributed by atoms with E-state index in [-0.39, 0.29) is 17.2 Å². The smallest absolute Gasteiger partial charge is 0.413 e. The van der Waals surface area contributed by atoms with Gasteiger partial charge in [-0.3, -0.25) is 9.69 Å². The second-order valence-electron chi connectivity index (χ2n) is 6.13. The molecule has 114 valence electrons. The summed E-state index contributed by atoms with van der Waals surface area (Å²) in [5.74, 6) is -0.0566. The van der Waals surface area contributed by atoms with Gasteiger partial charge in [-0.1, -0.05) is 22.0 Å². The zero-order valence-electron chi connectivity index (χ0n) is 12.6. The second-order valence-corrected chi connectivity index (χ2v) is 6.70. The summed E-state index contributed by atoms with van der Waals surface area (Å²) in [4.78, 5) is 25.1. The molecule has 0 aromatic heterocycles. The summed E-state index contributed by atoms with van der Waals surface area (Å²) in [5.41, 5.74) is -1.33. The van der Waals surface area contributed by atoms with Crippen LogP contribution in [0.1, 0.15) is 34.6 Å². The number of halogens is 1. The number of ether oxygens (including phenoxy) is 2. The summed E-state index contributed by atoms with van der Waals surface area (Å²) in [6, 6.07) is -0.303. The fraction of sp³-hybridized carbons (Fsp3) is 0.714. The van der Waals surface area contributed by atoms with Crippen molar-refractivity contribution in [2.45, 2.75) is 52.0 Å². The zero-order valence-corrected chi connectivity index (χ0v) is 14.2. The molecule has 1 heterocycles. The molecule has 0 spiro atoms. The van der Waals surface area contributed by atoms with Crippen LogP contribution in [0, 0.1) is 0 Å². The number of rotatable bonds is 3. The third kappa shape index (κ3) is 4.59. The monoisotopic (exact) mass is 347 g/mol. The summed E-state index contributed by atoms with van der Waals surface area (Å²) in [5, 5.41) is 0.257. The molecule has 1 fully saturated rings. The maximum absolute atomic E-state index is 12.3. The topological polar surface area (TPSA) is 55.8 Å². The van der Waals surface area contributed by atoms with Gasteiger partial charge in [0.1, 0.15) is 11.3 Å². The van der Waals surface area contributed by atoms with Crippen LogP contribution in [0.4, 0.5) is 4.79 Å². The first kappa shape index (κ1) is 17.2. The van der Waals surface area contributed by atoms with Crippen LogP contribution in [0.25, 0.3) is 0 Å². The van der Waals surface area contributed by atoms with E-state index in [1.807, 2.05) is 20.8 Å². The van der Waals surface area contributed by atoms with E-state index < -0.39 is 17.4 Å². The Morgan fingerprint density at radius 3 is 2.55 bits per heavy atom. The Morgan fingerprint density at radius 2 is 2.05 bits per heavy atom. The van der Waals surface area contributed by atoms with Crippen LogP contribution in [0.5, 0.6) is 0 Å². The van der Waals surface area contributed by atoms with Crippen molar-refractivity contribution in [2.75, 3.05) is 11.9 Å². The number of hydrogen-bond acceptors (Lipinski definition) is 4. The molecule has 6 heteroatoms. The van der Waals surface area contributed by atoms with E-state index in [1.54, 1.807) is 19.9 Å². The molecule has 1 rings (SSSR count). The lowest BCUT2D eigenvalue weighted by Gasteiger charge is -2.34. The van der Waals surface area contributed by atoms with Crippen LogP contribution in [0.15, 0.2) is 12.2 Å². The van der Waals surface area contributed by atoms with E-state index in [1.165, 1.54) is 11.0 Å². The first-order chi connectivity index (χ1) is 9.07. The van der Waals surface area contributed by atoms with Gasteiger partial charge in [0, 0.05) is 0 Å². The molecule has 1 aliphatic heterocycles. The lowest BCUT2D eigenvalue weighted by atomic mass is 10.2. The predicted molar refractivity (Wildman–Crippen MR) is 79.8 cm³/mol. The van der Waals surface area contributed by atoms with Gasteiger partial charge >= 0.3 is 6.09 Å². The highest BCUT2D eigenvalue weighted by Gasteiger charge is 2.44. The van der Waals surface area contributed by atoms with E-state index >= 15 is 0 Å². The van der Waals surface area contributed by atoms with Crippen molar-refractivity contribution in [3.05, 3.63) is 12.2 Å². The number of ketones is 1. The molecular weight excluding hydrogens is 326 g/mol. The number of carbonyl (C=O) groups is 2. The van der Waals surface area contributed by atoms with Crippen molar-refractivity contribution in [3.63, 3.8) is 0 Å². The molecule has 1 aliphatic rings. The number of nitrogens with zero attached hydrogens (tertiary/aromatic N) is 1. The van der Waals surface area contributed by atoms with Crippen LogP contribution in [-0.2, 0) is 14.3 Å². The molecule has 0 aromatic carbocycles. The largest absolute Gasteiger partial charge is 0.444 e. The standard InChI is InChI=1S/C14H22BrNO4/c1-13(2,3)20-12(18)16-10(6-7-11(17)8-15)9-19-14(16,4)5/h6-7,10H,8-9H2,1-5H3/b7-6+/t10-/m0/s1. The number of amides is 1. The molecule has 0 radical (unpaired) electrons. The summed E-state index contributed by atoms with van der Waals surface area (Å²) in [6.07, 6.45) is 2.70. The van der Waals surface area contributed by atoms with E-state index in [0.29, 0.717) is 6.61 Å². The molecule has 1 saturated heterocycles. The highest BCUT2D eigenvalue weighted by atomic mass is 79.9. The highest BCUT2D eigenvalue weighted by Crippen LogP contribution is 2.29. The lowest BCUT2D eigenvalue weighted by Crippen LogP contribution is -2.49. The van der Waals surface area contributed by atoms with Crippen molar-refractivity contribution in [3.8, 4) is 0 Å². The quantitative estimate of drug-likeness (QED) is 0.581. The number of hydrogen-bond donors (Lipinski definition) is 0. The molecule has 0 unspecified atom stereocenters. The Bertz CT molecular complexity index is 412. The average molecular weight is 348 g/mol. The fourth-order valence-corrected chi connectivity index (χ4v) is 2.09. The summed E-state index contributed by atoms with van der Waals surface area (Å²) in [7, 11) is 0. The van der Waals surface area contributed by atoms with Gasteiger partial charge in [-0.05, 0) is 40.7 Å². The minimum Gasteiger partial charge on any atom is -0.444 e. The van der Waals surface area contributed by atoms with Gasteiger partial charge < -0.3 is 9.47 Å². The Labute approximate surface area is 128 Å². The van der Waals surface area contributed by atoms with Gasteiger partial charge in [-0.2, -0.15) is 0 Å². The minimum atomic E-state index is -0.755. The van der Waals surface area contributed by atoms with Gasteiger partial charge in [0.25, 0.3) is 0 Å². The normalized spacial score (nSPS) is 22.3. The third-order valence-electron chi connectivity index (χ3n) is 2.75. The van der Waals surface area contributed by atoms with E-state index in [9.17, 15) is 9.59 Å². The highest BCUT2D eigenvalue weighted by molar-refractivity contribution is 9.09. The molecule has 1 atom stereocenters. The molecule has 20 heavy (non-hydrogen) atoms. The maximum atomic E-state index is 12.3. The predicted octanol–water partition coefficient (Wildman–Crippen LogP) is 2.88. The molecule has 1 amide bonds. The van der Waals surface area contributed by atoms with E-state index in [2.05, 4.69) is 15.9 Å². The van der Waals surface area contributed by atoms with Crippen LogP contribution < -0.4 is 0 Å². The van der Waals surface area contributed by atoms with Gasteiger partial charge in [0.2, 0.25) is 0 Å². The molecule has 5 nitrogen and oxygen atoms in total. The van der Waals surface area contributed by atoms with Gasteiger partial charge in [-0.25, -0.2) is 4.79 Å². The lowest BCUT2D eigenvalue weighted by molar-refractivity contribution is -0.112. The van der Waals surface area contributed by atoms with E-state index in [0.717, 1.165) is 0 Å². The molecular formula is C14H22BrNO4. The van der Waals surface area contributed by atoms with E-state index in [4.69, 9.17) is 9.47 Å². The Hall–Kier alpha value is -0.880. The molecule has 0 N–H and O–H groups in total. The molecule has 0 aromatic rings. The number of carbonyl (C=O) groups excluding carboxylic acids is 2. The molecule has 0 saturated carbocycles. The van der Waals surface area contributed by atoms with Crippen LogP contribution >= 0.6 is 15.9 Å². The number of allylic oxidation sites excluding steroid dienone is 1. The van der Waals surface area contributed by atoms with Gasteiger partial charge in [0.15, 0.2) is 5.78 Å². The average Bonchev–Trinajstić information content (AvgIpc) is 2.59. The van der Waals surface area contributed by atoms with Gasteiger partial charge in [0.05, 0.1) is 18.0 Å². The fourth-order valence-electron chi connectivity index (χ4n) is 1.90. The minimum absolute atomic E-state index is 0.0566. The Balaban J connectivity index is 2.88. The Kier molecular flexibility index (Phi) is 5.38. The van der Waals surface area contributed by atoms with Crippen molar-refractivity contribution >= 4 is 27.8 Å². The summed E-state index contributed by atoms with van der Waals surface area (Å²) in [6.45, 7) is 9.39. The zero-order chi connectivity index (χ0) is 15.6. The van der Waals surface area contributed by atoms with Crippen molar-refractivity contribution in [2.24, 2.45) is 0 Å². The van der Waals surface area contributed by atoms with Crippen LogP contribution in [0.2, 0.25) is 0 Å². The second kappa shape index (κ2) is 6.26. The molecule has 0 aliphatic carbocycles. The van der Waals surface area contributed by atoms with Crippen LogP contribution in [-0.4, -0.2) is 46.1 Å². The van der Waals surface area contributed by atoms with Crippen LogP contribution in [0.3, 0.4) is 0 Å². The van der Waals surface area contributed by atoms with Gasteiger partial charge in [-0.15, -0.1) is 0 Å². The third-order valence-corrected chi connectivity index (χ3v) is 3.30. The summed E-state index contributed by atoms with van der Waals surface area (Å²) < 4.78 is 11.0. The maximum Gasteiger partial charge on any atom is 0.413 e. The first-order valence-corrected chi connectivity index (χ1v) is 7.62. The SMILES string of the molecule is CC(C)(C)OC(=O)N1[C@@H](/C=C/C(=O)CBr)COC1(C)C. The summed E-state index contributed by atoms with van der Waals surface area (Å²) >= 11 is 3.09. The van der Waals surface area contributed by atoms with Crippen molar-refractivity contribution in [1.29, 1.82) is 0 Å². The van der Waals surface area contributed by atoms with Crippen molar-refractivity contribution in [1.82, 2.24) is 4.90 Å². The Morgan fingerprint density at radius 1 is 1.45 bits per heavy atom. The molecule has 0 bridgehead atoms. The first-order valence-electron chi connectivity index (χ1n) is 6.50. The number of alkyl halides is 1. The van der Waals surface area contributed by atoms with Crippen molar-refractivity contribution < 1.29 is 19.1 Å².